The van der Waals surface area contributed by atoms with Crippen LogP contribution in [-0.2, 0) is 26.2 Å². The Bertz CT molecular complexity index is 1110. The number of carbonyl (C=O) groups excluding carboxylic acids is 2. The van der Waals surface area contributed by atoms with E-state index in [9.17, 15) is 18.0 Å². The zero-order valence-corrected chi connectivity index (χ0v) is 20.2. The SMILES string of the molecule is CC#CCOc1ccc(S(=O)(=O)NC(CCCNC(=O)CNCc2ccccc2)C(=O)NO)cc1. The molecule has 2 rings (SSSR count). The molecule has 0 fully saturated rings. The number of benzene rings is 2. The molecular formula is C24H30N4O6S. The van der Waals surface area contributed by atoms with Gasteiger partial charge >= 0.3 is 0 Å². The van der Waals surface area contributed by atoms with Crippen molar-refractivity contribution in [3.8, 4) is 17.6 Å². The minimum absolute atomic E-state index is 0.0558. The molecule has 0 heterocycles. The second-order valence-corrected chi connectivity index (χ2v) is 9.13. The van der Waals surface area contributed by atoms with Crippen LogP contribution in [-0.4, -0.2) is 51.2 Å². The van der Waals surface area contributed by atoms with Crippen molar-refractivity contribution in [3.63, 3.8) is 0 Å². The van der Waals surface area contributed by atoms with Gasteiger partial charge < -0.3 is 15.4 Å². The highest BCUT2D eigenvalue weighted by Gasteiger charge is 2.25. The third kappa shape index (κ3) is 10.2. The topological polar surface area (TPSA) is 146 Å². The molecule has 35 heavy (non-hydrogen) atoms. The van der Waals surface area contributed by atoms with Crippen LogP contribution in [0.4, 0.5) is 0 Å². The van der Waals surface area contributed by atoms with Gasteiger partial charge in [0.25, 0.3) is 5.91 Å². The number of hydroxylamine groups is 1. The molecular weight excluding hydrogens is 472 g/mol. The van der Waals surface area contributed by atoms with Crippen LogP contribution in [0.15, 0.2) is 59.5 Å². The summed E-state index contributed by atoms with van der Waals surface area (Å²) >= 11 is 0. The predicted octanol–water partition coefficient (Wildman–Crippen LogP) is 0.927. The Kier molecular flexibility index (Phi) is 11.7. The van der Waals surface area contributed by atoms with Crippen molar-refractivity contribution in [2.75, 3.05) is 19.7 Å². The van der Waals surface area contributed by atoms with Crippen molar-refractivity contribution < 1.29 is 28.0 Å². The van der Waals surface area contributed by atoms with Crippen molar-refractivity contribution in [1.82, 2.24) is 20.8 Å². The molecule has 1 atom stereocenters. The molecule has 0 aliphatic carbocycles. The lowest BCUT2D eigenvalue weighted by molar-refractivity contribution is -0.131. The average Bonchev–Trinajstić information content (AvgIpc) is 2.86. The Morgan fingerprint density at radius 1 is 1.09 bits per heavy atom. The molecule has 0 saturated heterocycles. The summed E-state index contributed by atoms with van der Waals surface area (Å²) in [5.41, 5.74) is 2.53. The van der Waals surface area contributed by atoms with Gasteiger partial charge in [-0.1, -0.05) is 36.3 Å². The summed E-state index contributed by atoms with van der Waals surface area (Å²) in [4.78, 5) is 23.9. The maximum atomic E-state index is 12.7. The Balaban J connectivity index is 1.81. The van der Waals surface area contributed by atoms with Gasteiger partial charge in [-0.25, -0.2) is 13.9 Å². The van der Waals surface area contributed by atoms with Gasteiger partial charge in [-0.15, -0.1) is 5.92 Å². The number of rotatable bonds is 14. The van der Waals surface area contributed by atoms with Crippen LogP contribution in [0.2, 0.25) is 0 Å². The number of hydrogen-bond acceptors (Lipinski definition) is 7. The molecule has 1 unspecified atom stereocenters. The van der Waals surface area contributed by atoms with Crippen LogP contribution in [0.5, 0.6) is 5.75 Å². The van der Waals surface area contributed by atoms with Gasteiger partial charge in [-0.2, -0.15) is 4.72 Å². The number of sulfonamides is 1. The lowest BCUT2D eigenvalue weighted by Crippen LogP contribution is -2.46. The minimum Gasteiger partial charge on any atom is -0.481 e. The molecule has 0 bridgehead atoms. The van der Waals surface area contributed by atoms with Crippen LogP contribution in [0.25, 0.3) is 0 Å². The molecule has 188 valence electrons. The Hall–Kier alpha value is -3.43. The van der Waals surface area contributed by atoms with E-state index < -0.39 is 22.0 Å². The molecule has 10 nitrogen and oxygen atoms in total. The van der Waals surface area contributed by atoms with E-state index in [0.717, 1.165) is 5.56 Å². The number of carbonyl (C=O) groups is 2. The summed E-state index contributed by atoms with van der Waals surface area (Å²) in [5, 5.41) is 14.7. The molecule has 5 N–H and O–H groups in total. The largest absolute Gasteiger partial charge is 0.481 e. The smallest absolute Gasteiger partial charge is 0.261 e. The monoisotopic (exact) mass is 502 g/mol. The molecule has 0 radical (unpaired) electrons. The van der Waals surface area contributed by atoms with E-state index >= 15 is 0 Å². The third-order valence-corrected chi connectivity index (χ3v) is 6.28. The van der Waals surface area contributed by atoms with Crippen LogP contribution in [0.1, 0.15) is 25.3 Å². The maximum absolute atomic E-state index is 12.7. The molecule has 0 saturated carbocycles. The third-order valence-electron chi connectivity index (χ3n) is 4.80. The molecule has 11 heteroatoms. The van der Waals surface area contributed by atoms with Gasteiger partial charge in [0.15, 0.2) is 0 Å². The van der Waals surface area contributed by atoms with Crippen molar-refractivity contribution in [3.05, 3.63) is 60.2 Å². The van der Waals surface area contributed by atoms with Gasteiger partial charge in [0, 0.05) is 13.1 Å². The molecule has 2 aromatic carbocycles. The molecule has 2 amide bonds. The van der Waals surface area contributed by atoms with Gasteiger partial charge in [0.05, 0.1) is 11.4 Å². The molecule has 0 aliphatic heterocycles. The van der Waals surface area contributed by atoms with Crippen molar-refractivity contribution in [1.29, 1.82) is 0 Å². The van der Waals surface area contributed by atoms with Gasteiger partial charge in [0.1, 0.15) is 18.4 Å². The second-order valence-electron chi connectivity index (χ2n) is 7.42. The van der Waals surface area contributed by atoms with E-state index in [-0.39, 0.29) is 36.9 Å². The first kappa shape index (κ1) is 27.8. The first-order chi connectivity index (χ1) is 16.9. The van der Waals surface area contributed by atoms with Crippen molar-refractivity contribution in [2.24, 2.45) is 0 Å². The maximum Gasteiger partial charge on any atom is 0.261 e. The zero-order chi connectivity index (χ0) is 25.5. The number of hydrogen-bond donors (Lipinski definition) is 5. The Morgan fingerprint density at radius 3 is 2.46 bits per heavy atom. The van der Waals surface area contributed by atoms with Crippen LogP contribution in [0.3, 0.4) is 0 Å². The number of nitrogens with one attached hydrogen (secondary N) is 4. The van der Waals surface area contributed by atoms with Crippen molar-refractivity contribution in [2.45, 2.75) is 37.2 Å². The summed E-state index contributed by atoms with van der Waals surface area (Å²) in [6.45, 7) is 2.76. The summed E-state index contributed by atoms with van der Waals surface area (Å²) in [6.07, 6.45) is 0.358. The molecule has 0 spiro atoms. The van der Waals surface area contributed by atoms with E-state index in [0.29, 0.717) is 18.7 Å². The first-order valence-electron chi connectivity index (χ1n) is 11.0. The van der Waals surface area contributed by atoms with E-state index in [2.05, 4.69) is 27.2 Å². The second kappa shape index (κ2) is 14.7. The predicted molar refractivity (Wildman–Crippen MR) is 130 cm³/mol. The minimum atomic E-state index is -4.05. The summed E-state index contributed by atoms with van der Waals surface area (Å²) in [7, 11) is -4.05. The Morgan fingerprint density at radius 2 is 1.80 bits per heavy atom. The quantitative estimate of drug-likeness (QED) is 0.112. The first-order valence-corrected chi connectivity index (χ1v) is 12.4. The lowest BCUT2D eigenvalue weighted by atomic mass is 10.1. The van der Waals surface area contributed by atoms with Crippen LogP contribution < -0.4 is 25.6 Å². The number of amides is 2. The summed E-state index contributed by atoms with van der Waals surface area (Å²) in [5.74, 6) is 4.75. The standard InChI is InChI=1S/C24H30N4O6S/c1-2-3-16-34-20-11-13-21(14-12-20)35(32,33)28-22(24(30)27-31)10-7-15-26-23(29)18-25-17-19-8-5-4-6-9-19/h4-6,8-9,11-14,22,25,28,31H,7,10,15-18H2,1H3,(H,26,29)(H,27,30). The van der Waals surface area contributed by atoms with Crippen LogP contribution >= 0.6 is 0 Å². The van der Waals surface area contributed by atoms with Gasteiger partial charge in [0.2, 0.25) is 15.9 Å². The molecule has 0 aromatic heterocycles. The fourth-order valence-electron chi connectivity index (χ4n) is 3.00. The average molecular weight is 503 g/mol. The highest BCUT2D eigenvalue weighted by Crippen LogP contribution is 2.16. The van der Waals surface area contributed by atoms with Gasteiger partial charge in [-0.05, 0) is 49.6 Å². The highest BCUT2D eigenvalue weighted by molar-refractivity contribution is 7.89. The molecule has 0 aliphatic rings. The lowest BCUT2D eigenvalue weighted by Gasteiger charge is -2.17. The fourth-order valence-corrected chi connectivity index (χ4v) is 4.23. The van der Waals surface area contributed by atoms with Crippen LogP contribution in [0, 0.1) is 11.8 Å². The van der Waals surface area contributed by atoms with E-state index in [1.165, 1.54) is 29.7 Å². The number of ether oxygens (including phenoxy) is 1. The summed E-state index contributed by atoms with van der Waals surface area (Å²) < 4.78 is 33.0. The zero-order valence-electron chi connectivity index (χ0n) is 19.4. The van der Waals surface area contributed by atoms with E-state index in [1.807, 2.05) is 30.3 Å². The summed E-state index contributed by atoms with van der Waals surface area (Å²) in [6, 6.07) is 14.1. The highest BCUT2D eigenvalue weighted by atomic mass is 32.2. The van der Waals surface area contributed by atoms with E-state index in [4.69, 9.17) is 9.94 Å². The normalized spacial score (nSPS) is 11.6. The van der Waals surface area contributed by atoms with E-state index in [1.54, 1.807) is 6.92 Å². The Labute approximate surface area is 205 Å². The fraction of sp³-hybridized carbons (Fsp3) is 0.333. The van der Waals surface area contributed by atoms with Gasteiger partial charge in [-0.3, -0.25) is 14.8 Å². The molecule has 2 aromatic rings. The van der Waals surface area contributed by atoms with Crippen molar-refractivity contribution >= 4 is 21.8 Å².